The monoisotopic (exact) mass is 171 g/mol. The standard InChI is InChI=1S/C10H21NO/c1-2-3-4-5-6-7-8-11-9-10-12/h7-8,11-12H,2-6,9-10H2,1H3. The summed E-state index contributed by atoms with van der Waals surface area (Å²) in [6.45, 7) is 3.09. The minimum atomic E-state index is 0.209. The van der Waals surface area contributed by atoms with Crippen molar-refractivity contribution < 1.29 is 5.11 Å². The highest BCUT2D eigenvalue weighted by atomic mass is 16.3. The van der Waals surface area contributed by atoms with Crippen LogP contribution in [0.5, 0.6) is 0 Å². The van der Waals surface area contributed by atoms with Gasteiger partial charge in [-0.2, -0.15) is 0 Å². The third-order valence-electron chi connectivity index (χ3n) is 1.72. The first-order chi connectivity index (χ1) is 5.91. The van der Waals surface area contributed by atoms with Crippen LogP contribution in [0.4, 0.5) is 0 Å². The number of hydrogen-bond acceptors (Lipinski definition) is 2. The molecule has 2 heteroatoms. The van der Waals surface area contributed by atoms with E-state index in [9.17, 15) is 0 Å². The summed E-state index contributed by atoms with van der Waals surface area (Å²) in [6.07, 6.45) is 10.5. The summed E-state index contributed by atoms with van der Waals surface area (Å²) in [5.74, 6) is 0. The van der Waals surface area contributed by atoms with Crippen LogP contribution in [0, 0.1) is 0 Å². The van der Waals surface area contributed by atoms with Crippen molar-refractivity contribution in [1.29, 1.82) is 0 Å². The highest BCUT2D eigenvalue weighted by molar-refractivity contribution is 4.78. The maximum atomic E-state index is 8.44. The van der Waals surface area contributed by atoms with E-state index in [-0.39, 0.29) is 6.61 Å². The molecule has 0 rings (SSSR count). The van der Waals surface area contributed by atoms with Gasteiger partial charge in [-0.25, -0.2) is 0 Å². The van der Waals surface area contributed by atoms with Crippen LogP contribution in [0.25, 0.3) is 0 Å². The normalized spacial score (nSPS) is 10.8. The molecule has 0 amide bonds. The smallest absolute Gasteiger partial charge is 0.0603 e. The van der Waals surface area contributed by atoms with Crippen LogP contribution in [0.1, 0.15) is 39.0 Å². The maximum Gasteiger partial charge on any atom is 0.0603 e. The van der Waals surface area contributed by atoms with E-state index in [1.807, 2.05) is 6.20 Å². The first kappa shape index (κ1) is 11.5. The summed E-state index contributed by atoms with van der Waals surface area (Å²) in [5.41, 5.74) is 0. The second kappa shape index (κ2) is 10.5. The van der Waals surface area contributed by atoms with Gasteiger partial charge < -0.3 is 10.4 Å². The second-order valence-electron chi connectivity index (χ2n) is 2.93. The minimum Gasteiger partial charge on any atom is -0.395 e. The Morgan fingerprint density at radius 1 is 1.25 bits per heavy atom. The number of aliphatic hydroxyl groups is 1. The van der Waals surface area contributed by atoms with E-state index in [0.717, 1.165) is 6.42 Å². The SMILES string of the molecule is CCCCCCC=CNCCO. The fraction of sp³-hybridized carbons (Fsp3) is 0.800. The molecule has 0 aromatic carbocycles. The number of hydrogen-bond donors (Lipinski definition) is 2. The lowest BCUT2D eigenvalue weighted by molar-refractivity contribution is 0.298. The van der Waals surface area contributed by atoms with Gasteiger partial charge in [-0.3, -0.25) is 0 Å². The van der Waals surface area contributed by atoms with Crippen LogP contribution in [-0.4, -0.2) is 18.3 Å². The lowest BCUT2D eigenvalue weighted by atomic mass is 10.1. The molecule has 2 nitrogen and oxygen atoms in total. The number of aliphatic hydroxyl groups excluding tert-OH is 1. The average Bonchev–Trinajstić information content (AvgIpc) is 2.10. The number of unbranched alkanes of at least 4 members (excludes halogenated alkanes) is 4. The van der Waals surface area contributed by atoms with Crippen molar-refractivity contribution in [3.05, 3.63) is 12.3 Å². The van der Waals surface area contributed by atoms with Crippen molar-refractivity contribution in [2.24, 2.45) is 0 Å². The van der Waals surface area contributed by atoms with Crippen molar-refractivity contribution in [3.63, 3.8) is 0 Å². The predicted octanol–water partition coefficient (Wildman–Crippen LogP) is 2.05. The third-order valence-corrected chi connectivity index (χ3v) is 1.72. The molecule has 0 aromatic rings. The molecule has 0 spiro atoms. The Hall–Kier alpha value is -0.500. The highest BCUT2D eigenvalue weighted by Gasteiger charge is 1.83. The lowest BCUT2D eigenvalue weighted by Gasteiger charge is -1.96. The molecule has 0 aromatic heterocycles. The maximum absolute atomic E-state index is 8.44. The molecule has 0 aliphatic heterocycles. The Morgan fingerprint density at radius 2 is 2.08 bits per heavy atom. The Balaban J connectivity index is 2.92. The fourth-order valence-electron chi connectivity index (χ4n) is 1.00. The van der Waals surface area contributed by atoms with Crippen LogP contribution < -0.4 is 5.32 Å². The average molecular weight is 171 g/mol. The minimum absolute atomic E-state index is 0.209. The summed E-state index contributed by atoms with van der Waals surface area (Å²) >= 11 is 0. The molecular formula is C10H21NO. The zero-order valence-corrected chi connectivity index (χ0v) is 8.05. The first-order valence-corrected chi connectivity index (χ1v) is 4.91. The molecule has 0 saturated heterocycles. The summed E-state index contributed by atoms with van der Waals surface area (Å²) in [7, 11) is 0. The lowest BCUT2D eigenvalue weighted by Crippen LogP contribution is -2.10. The Labute approximate surface area is 75.7 Å². The van der Waals surface area contributed by atoms with E-state index in [2.05, 4.69) is 18.3 Å². The van der Waals surface area contributed by atoms with Crippen LogP contribution >= 0.6 is 0 Å². The molecule has 0 aliphatic rings. The van der Waals surface area contributed by atoms with E-state index in [1.165, 1.54) is 25.7 Å². The van der Waals surface area contributed by atoms with Gasteiger partial charge in [-0.15, -0.1) is 0 Å². The van der Waals surface area contributed by atoms with Gasteiger partial charge in [0.05, 0.1) is 6.61 Å². The highest BCUT2D eigenvalue weighted by Crippen LogP contribution is 2.02. The Bertz CT molecular complexity index is 102. The van der Waals surface area contributed by atoms with Crippen LogP contribution in [0.15, 0.2) is 12.3 Å². The predicted molar refractivity (Wildman–Crippen MR) is 53.0 cm³/mol. The molecule has 0 aliphatic carbocycles. The quantitative estimate of drug-likeness (QED) is 0.548. The van der Waals surface area contributed by atoms with Crippen molar-refractivity contribution in [2.75, 3.05) is 13.2 Å². The van der Waals surface area contributed by atoms with Gasteiger partial charge in [0, 0.05) is 6.54 Å². The van der Waals surface area contributed by atoms with Crippen molar-refractivity contribution >= 4 is 0 Å². The first-order valence-electron chi connectivity index (χ1n) is 4.91. The molecule has 0 fully saturated rings. The van der Waals surface area contributed by atoms with Gasteiger partial charge in [-0.1, -0.05) is 32.3 Å². The molecular weight excluding hydrogens is 150 g/mol. The van der Waals surface area contributed by atoms with E-state index >= 15 is 0 Å². The van der Waals surface area contributed by atoms with Crippen LogP contribution in [0.2, 0.25) is 0 Å². The zero-order valence-electron chi connectivity index (χ0n) is 8.05. The second-order valence-corrected chi connectivity index (χ2v) is 2.93. The molecule has 2 N–H and O–H groups in total. The van der Waals surface area contributed by atoms with Gasteiger partial charge in [0.1, 0.15) is 0 Å². The molecule has 0 unspecified atom stereocenters. The fourth-order valence-corrected chi connectivity index (χ4v) is 1.00. The molecule has 0 radical (unpaired) electrons. The summed E-state index contributed by atoms with van der Waals surface area (Å²) in [6, 6.07) is 0. The van der Waals surface area contributed by atoms with Gasteiger partial charge >= 0.3 is 0 Å². The van der Waals surface area contributed by atoms with Crippen molar-refractivity contribution in [2.45, 2.75) is 39.0 Å². The summed E-state index contributed by atoms with van der Waals surface area (Å²) in [4.78, 5) is 0. The van der Waals surface area contributed by atoms with Gasteiger partial charge in [-0.05, 0) is 19.0 Å². The van der Waals surface area contributed by atoms with Gasteiger partial charge in [0.25, 0.3) is 0 Å². The van der Waals surface area contributed by atoms with Crippen molar-refractivity contribution in [1.82, 2.24) is 5.32 Å². The molecule has 0 atom stereocenters. The number of nitrogens with one attached hydrogen (secondary N) is 1. The molecule has 0 bridgehead atoms. The zero-order chi connectivity index (χ0) is 9.07. The van der Waals surface area contributed by atoms with Crippen LogP contribution in [0.3, 0.4) is 0 Å². The topological polar surface area (TPSA) is 32.3 Å². The molecule has 0 saturated carbocycles. The molecule has 0 heterocycles. The summed E-state index contributed by atoms with van der Waals surface area (Å²) in [5, 5.41) is 11.4. The number of rotatable bonds is 8. The summed E-state index contributed by atoms with van der Waals surface area (Å²) < 4.78 is 0. The largest absolute Gasteiger partial charge is 0.395 e. The Morgan fingerprint density at radius 3 is 2.75 bits per heavy atom. The Kier molecular flexibility index (Phi) is 10.1. The van der Waals surface area contributed by atoms with Gasteiger partial charge in [0.2, 0.25) is 0 Å². The van der Waals surface area contributed by atoms with Crippen molar-refractivity contribution in [3.8, 4) is 0 Å². The van der Waals surface area contributed by atoms with E-state index in [4.69, 9.17) is 5.11 Å². The third kappa shape index (κ3) is 9.50. The van der Waals surface area contributed by atoms with Crippen LogP contribution in [-0.2, 0) is 0 Å². The van der Waals surface area contributed by atoms with E-state index < -0.39 is 0 Å². The molecule has 12 heavy (non-hydrogen) atoms. The number of allylic oxidation sites excluding steroid dienone is 1. The molecule has 72 valence electrons. The van der Waals surface area contributed by atoms with E-state index in [1.54, 1.807) is 0 Å². The van der Waals surface area contributed by atoms with Gasteiger partial charge in [0.15, 0.2) is 0 Å². The van der Waals surface area contributed by atoms with E-state index in [0.29, 0.717) is 6.54 Å².